The maximum Gasteiger partial charge on any atom is 1.00 e. The molecule has 0 amide bonds. The molecule has 3 nitrogen and oxygen atoms in total. The van der Waals surface area contributed by atoms with Crippen LogP contribution in [0.1, 0.15) is 24.2 Å². The van der Waals surface area contributed by atoms with Gasteiger partial charge in [-0.05, 0) is 38.1 Å². The van der Waals surface area contributed by atoms with Crippen LogP contribution in [0.25, 0.3) is 0 Å². The molecular weight excluding hydrogens is 326 g/mol. The van der Waals surface area contributed by atoms with Gasteiger partial charge >= 0.3 is 18.9 Å². The second-order valence-corrected chi connectivity index (χ2v) is 6.45. The number of methoxy groups -OCH3 is 1. The van der Waals surface area contributed by atoms with Crippen molar-refractivity contribution in [2.24, 2.45) is 0 Å². The van der Waals surface area contributed by atoms with Crippen LogP contribution in [-0.4, -0.2) is 18.7 Å². The van der Waals surface area contributed by atoms with Crippen LogP contribution < -0.4 is 33.6 Å². The van der Waals surface area contributed by atoms with Crippen molar-refractivity contribution in [3.8, 4) is 11.5 Å². The molecule has 2 aromatic rings. The minimum Gasteiger partial charge on any atom is -0.496 e. The van der Waals surface area contributed by atoms with Gasteiger partial charge in [-0.1, -0.05) is 29.8 Å². The van der Waals surface area contributed by atoms with E-state index in [2.05, 4.69) is 0 Å². The summed E-state index contributed by atoms with van der Waals surface area (Å²) in [5.41, 5.74) is 0.316. The predicted octanol–water partition coefficient (Wildman–Crippen LogP) is 1.55. The zero-order valence-corrected chi connectivity index (χ0v) is 15.3. The summed E-state index contributed by atoms with van der Waals surface area (Å²) in [4.78, 5) is 12.5. The summed E-state index contributed by atoms with van der Waals surface area (Å²) in [5, 5.41) is 1.28. The molecule has 2 rings (SSSR count). The van der Waals surface area contributed by atoms with Crippen molar-refractivity contribution in [1.29, 1.82) is 0 Å². The Morgan fingerprint density at radius 1 is 1.13 bits per heavy atom. The van der Waals surface area contributed by atoms with Gasteiger partial charge in [0.15, 0.2) is 0 Å². The van der Waals surface area contributed by atoms with Crippen LogP contribution in [0.4, 0.5) is 0 Å². The second-order valence-electron chi connectivity index (χ2n) is 4.89. The van der Waals surface area contributed by atoms with Crippen molar-refractivity contribution in [1.82, 2.24) is 0 Å². The van der Waals surface area contributed by atoms with Crippen LogP contribution >= 0.6 is 20.2 Å². The Hall–Kier alpha value is -0.973. The molecular formula is C17H17ClLiO3P. The molecule has 0 fully saturated rings. The molecule has 0 bridgehead atoms. The fourth-order valence-corrected chi connectivity index (χ4v) is 3.12. The SMILES string of the molecule is COc1cccc(Cl)c1C(=O)[P-]c1ccc(OC(C)C)cc1.[Li+]. The maximum absolute atomic E-state index is 12.5. The average molecular weight is 343 g/mol. The molecule has 0 aliphatic heterocycles. The Bertz CT molecular complexity index is 659. The van der Waals surface area contributed by atoms with E-state index in [9.17, 15) is 4.79 Å². The minimum absolute atomic E-state index is 0. The predicted molar refractivity (Wildman–Crippen MR) is 91.1 cm³/mol. The van der Waals surface area contributed by atoms with Crippen LogP contribution in [0, 0.1) is 0 Å². The van der Waals surface area contributed by atoms with Crippen molar-refractivity contribution in [2.75, 3.05) is 7.11 Å². The molecule has 6 heteroatoms. The number of halogens is 1. The van der Waals surface area contributed by atoms with E-state index < -0.39 is 0 Å². The van der Waals surface area contributed by atoms with E-state index in [0.717, 1.165) is 11.1 Å². The Labute approximate surface area is 155 Å². The van der Waals surface area contributed by atoms with Gasteiger partial charge in [-0.15, -0.1) is 0 Å². The molecule has 0 unspecified atom stereocenters. The topological polar surface area (TPSA) is 35.5 Å². The molecule has 0 aromatic heterocycles. The van der Waals surface area contributed by atoms with Crippen LogP contribution in [0.3, 0.4) is 0 Å². The summed E-state index contributed by atoms with van der Waals surface area (Å²) in [6.07, 6.45) is 0.123. The standard InChI is InChI=1S/C17H17ClO3P.Li/c1-11(2)21-12-7-9-13(10-8-12)22-17(19)16-14(18)5-4-6-15(16)20-3;/h4-11H,1-3H3;/q-1;+1. The van der Waals surface area contributed by atoms with Crippen LogP contribution in [0.2, 0.25) is 5.02 Å². The van der Waals surface area contributed by atoms with Crippen LogP contribution in [0.15, 0.2) is 42.5 Å². The van der Waals surface area contributed by atoms with E-state index in [1.807, 2.05) is 38.1 Å². The van der Waals surface area contributed by atoms with Gasteiger partial charge in [-0.2, -0.15) is 5.30 Å². The zero-order chi connectivity index (χ0) is 16.1. The van der Waals surface area contributed by atoms with Gasteiger partial charge in [0.05, 0.1) is 18.2 Å². The number of benzene rings is 2. The molecule has 0 saturated heterocycles. The minimum atomic E-state index is -0.0972. The molecule has 2 aromatic carbocycles. The van der Waals surface area contributed by atoms with E-state index >= 15 is 0 Å². The maximum atomic E-state index is 12.5. The Morgan fingerprint density at radius 2 is 1.78 bits per heavy atom. The largest absolute Gasteiger partial charge is 1.00 e. The van der Waals surface area contributed by atoms with Crippen molar-refractivity contribution in [3.05, 3.63) is 53.1 Å². The number of carbonyl (C=O) groups is 1. The van der Waals surface area contributed by atoms with Gasteiger partial charge in [-0.25, -0.2) is 0 Å². The first-order valence-corrected chi connectivity index (χ1v) is 8.13. The van der Waals surface area contributed by atoms with Gasteiger partial charge in [0, 0.05) is 11.1 Å². The van der Waals surface area contributed by atoms with Crippen molar-refractivity contribution >= 4 is 31.0 Å². The fourth-order valence-electron chi connectivity index (χ4n) is 1.93. The number of carbonyl (C=O) groups excluding carboxylic acids is 1. The summed E-state index contributed by atoms with van der Waals surface area (Å²) in [6.45, 7) is 3.94. The molecule has 0 aliphatic carbocycles. The Morgan fingerprint density at radius 3 is 2.35 bits per heavy atom. The van der Waals surface area contributed by atoms with E-state index in [0.29, 0.717) is 24.9 Å². The van der Waals surface area contributed by atoms with Crippen molar-refractivity contribution in [3.63, 3.8) is 0 Å². The van der Waals surface area contributed by atoms with Gasteiger partial charge in [-0.3, -0.25) is 0 Å². The summed E-state index contributed by atoms with van der Waals surface area (Å²) >= 11 is 6.13. The van der Waals surface area contributed by atoms with Gasteiger partial charge in [0.2, 0.25) is 0 Å². The third-order valence-electron chi connectivity index (χ3n) is 2.85. The van der Waals surface area contributed by atoms with E-state index in [4.69, 9.17) is 21.1 Å². The Kier molecular flexibility index (Phi) is 8.16. The third kappa shape index (κ3) is 5.55. The van der Waals surface area contributed by atoms with E-state index in [1.54, 1.807) is 18.2 Å². The summed E-state index contributed by atoms with van der Waals surface area (Å²) in [6, 6.07) is 12.6. The normalized spacial score (nSPS) is 10.7. The number of hydrogen-bond acceptors (Lipinski definition) is 3. The summed E-state index contributed by atoms with van der Waals surface area (Å²) < 4.78 is 10.8. The van der Waals surface area contributed by atoms with E-state index in [-0.39, 0.29) is 30.5 Å². The second kappa shape index (κ2) is 9.35. The molecule has 116 valence electrons. The number of ether oxygens (including phenoxy) is 2. The molecule has 0 N–H and O–H groups in total. The number of rotatable bonds is 6. The third-order valence-corrected chi connectivity index (χ3v) is 4.15. The number of hydrogen-bond donors (Lipinski definition) is 0. The first-order chi connectivity index (χ1) is 10.5. The van der Waals surface area contributed by atoms with Gasteiger partial charge < -0.3 is 22.8 Å². The molecule has 0 spiro atoms. The molecule has 0 heterocycles. The Balaban J connectivity index is 0.00000264. The van der Waals surface area contributed by atoms with Gasteiger partial charge in [0.25, 0.3) is 0 Å². The smallest absolute Gasteiger partial charge is 0.496 e. The average Bonchev–Trinajstić information content (AvgIpc) is 2.48. The van der Waals surface area contributed by atoms with Crippen molar-refractivity contribution in [2.45, 2.75) is 20.0 Å². The molecule has 23 heavy (non-hydrogen) atoms. The summed E-state index contributed by atoms with van der Waals surface area (Å²) in [7, 11) is 2.07. The van der Waals surface area contributed by atoms with E-state index in [1.165, 1.54) is 7.11 Å². The summed E-state index contributed by atoms with van der Waals surface area (Å²) in [5.74, 6) is 1.28. The molecule has 0 atom stereocenters. The zero-order valence-electron chi connectivity index (χ0n) is 13.7. The van der Waals surface area contributed by atoms with Crippen LogP contribution in [-0.2, 0) is 0 Å². The quantitative estimate of drug-likeness (QED) is 0.590. The molecule has 0 aliphatic rings. The molecule has 0 saturated carbocycles. The first-order valence-electron chi connectivity index (χ1n) is 6.86. The molecule has 0 radical (unpaired) electrons. The van der Waals surface area contributed by atoms with Crippen LogP contribution in [0.5, 0.6) is 11.5 Å². The van der Waals surface area contributed by atoms with Crippen molar-refractivity contribution < 1.29 is 33.1 Å². The monoisotopic (exact) mass is 342 g/mol. The fraction of sp³-hybridized carbons (Fsp3) is 0.235. The first kappa shape index (κ1) is 20.1. The van der Waals surface area contributed by atoms with Gasteiger partial charge in [0.1, 0.15) is 11.5 Å².